The van der Waals surface area contributed by atoms with Crippen LogP contribution in [0.2, 0.25) is 0 Å². The van der Waals surface area contributed by atoms with Crippen LogP contribution in [-0.2, 0) is 0 Å². The summed E-state index contributed by atoms with van der Waals surface area (Å²) in [6.45, 7) is 2.21. The Morgan fingerprint density at radius 1 is 1.25 bits per heavy atom. The Bertz CT molecular complexity index is 306. The summed E-state index contributed by atoms with van der Waals surface area (Å²) in [6, 6.07) is 10.9. The first kappa shape index (κ1) is 12.0. The minimum atomic E-state index is 0.405. The highest BCUT2D eigenvalue weighted by Crippen LogP contribution is 2.50. The van der Waals surface area contributed by atoms with Crippen molar-refractivity contribution in [3.63, 3.8) is 0 Å². The van der Waals surface area contributed by atoms with Crippen molar-refractivity contribution < 1.29 is 0 Å². The summed E-state index contributed by atoms with van der Waals surface area (Å²) in [5, 5.41) is 0.405. The molecule has 0 spiro atoms. The predicted molar refractivity (Wildman–Crippen MR) is 71.1 cm³/mol. The first-order chi connectivity index (χ1) is 7.81. The van der Waals surface area contributed by atoms with E-state index in [9.17, 15) is 0 Å². The van der Waals surface area contributed by atoms with Gasteiger partial charge in [-0.3, -0.25) is 0 Å². The number of hydrogen-bond acceptors (Lipinski definition) is 0. The maximum absolute atomic E-state index is 6.25. The molecule has 1 aliphatic carbocycles. The smallest absolute Gasteiger partial charge is 0.0336 e. The molecule has 3 unspecified atom stereocenters. The maximum atomic E-state index is 6.25. The zero-order valence-corrected chi connectivity index (χ0v) is 10.8. The summed E-state index contributed by atoms with van der Waals surface area (Å²) < 4.78 is 0. The number of benzene rings is 1. The van der Waals surface area contributed by atoms with Crippen molar-refractivity contribution in [2.75, 3.05) is 0 Å². The lowest BCUT2D eigenvalue weighted by Gasteiger charge is -2.07. The Morgan fingerprint density at radius 3 is 2.69 bits per heavy atom. The van der Waals surface area contributed by atoms with Gasteiger partial charge >= 0.3 is 0 Å². The topological polar surface area (TPSA) is 0 Å². The molecule has 2 rings (SSSR count). The van der Waals surface area contributed by atoms with Gasteiger partial charge in [0.25, 0.3) is 0 Å². The SMILES string of the molecule is CCCC(Cl)CCC1CC1c1ccccc1. The van der Waals surface area contributed by atoms with Crippen LogP contribution < -0.4 is 0 Å². The predicted octanol–water partition coefficient (Wildman–Crippen LogP) is 4.98. The van der Waals surface area contributed by atoms with E-state index < -0.39 is 0 Å². The van der Waals surface area contributed by atoms with E-state index in [0.29, 0.717) is 5.38 Å². The second-order valence-corrected chi connectivity index (χ2v) is 5.59. The fourth-order valence-corrected chi connectivity index (χ4v) is 2.87. The molecule has 88 valence electrons. The third kappa shape index (κ3) is 3.25. The van der Waals surface area contributed by atoms with Crippen molar-refractivity contribution in [2.45, 2.75) is 50.3 Å². The van der Waals surface area contributed by atoms with Gasteiger partial charge in [0.1, 0.15) is 0 Å². The van der Waals surface area contributed by atoms with Gasteiger partial charge in [0.15, 0.2) is 0 Å². The van der Waals surface area contributed by atoms with Gasteiger partial charge in [-0.2, -0.15) is 0 Å². The van der Waals surface area contributed by atoms with E-state index in [2.05, 4.69) is 37.3 Å². The molecule has 1 aromatic rings. The van der Waals surface area contributed by atoms with Crippen molar-refractivity contribution in [2.24, 2.45) is 5.92 Å². The van der Waals surface area contributed by atoms with Gasteiger partial charge in [0.05, 0.1) is 0 Å². The van der Waals surface area contributed by atoms with Gasteiger partial charge in [0, 0.05) is 5.38 Å². The van der Waals surface area contributed by atoms with Crippen LogP contribution in [0.1, 0.15) is 50.5 Å². The van der Waals surface area contributed by atoms with E-state index in [1.807, 2.05) is 0 Å². The van der Waals surface area contributed by atoms with Crippen LogP contribution in [-0.4, -0.2) is 5.38 Å². The van der Waals surface area contributed by atoms with Gasteiger partial charge in [-0.1, -0.05) is 43.7 Å². The molecular weight excluding hydrogens is 216 g/mol. The molecule has 0 nitrogen and oxygen atoms in total. The van der Waals surface area contributed by atoms with Crippen LogP contribution in [0.25, 0.3) is 0 Å². The summed E-state index contributed by atoms with van der Waals surface area (Å²) in [7, 11) is 0. The average Bonchev–Trinajstić information content (AvgIpc) is 3.07. The molecule has 1 fully saturated rings. The Morgan fingerprint density at radius 2 is 2.00 bits per heavy atom. The number of alkyl halides is 1. The molecule has 1 aliphatic rings. The molecule has 1 saturated carbocycles. The van der Waals surface area contributed by atoms with Crippen LogP contribution in [0.4, 0.5) is 0 Å². The normalized spacial score (nSPS) is 25.4. The molecule has 0 amide bonds. The van der Waals surface area contributed by atoms with Gasteiger partial charge in [-0.15, -0.1) is 11.6 Å². The van der Waals surface area contributed by atoms with E-state index in [1.54, 1.807) is 0 Å². The average molecular weight is 237 g/mol. The van der Waals surface area contributed by atoms with Crippen molar-refractivity contribution in [3.05, 3.63) is 35.9 Å². The number of rotatable bonds is 6. The molecule has 0 N–H and O–H groups in total. The Hall–Kier alpha value is -0.490. The maximum Gasteiger partial charge on any atom is 0.0336 e. The zero-order chi connectivity index (χ0) is 11.4. The Kier molecular flexibility index (Phi) is 4.29. The fraction of sp³-hybridized carbons (Fsp3) is 0.600. The summed E-state index contributed by atoms with van der Waals surface area (Å²) >= 11 is 6.25. The molecule has 16 heavy (non-hydrogen) atoms. The first-order valence-electron chi connectivity index (χ1n) is 6.50. The third-order valence-electron chi connectivity index (χ3n) is 3.60. The lowest BCUT2D eigenvalue weighted by Crippen LogP contribution is -1.98. The number of halogens is 1. The van der Waals surface area contributed by atoms with Crippen LogP contribution in [0, 0.1) is 5.92 Å². The minimum Gasteiger partial charge on any atom is -0.123 e. The Balaban J connectivity index is 1.72. The van der Waals surface area contributed by atoms with Gasteiger partial charge in [-0.25, -0.2) is 0 Å². The lowest BCUT2D eigenvalue weighted by molar-refractivity contribution is 0.595. The molecule has 0 aromatic heterocycles. The highest BCUT2D eigenvalue weighted by molar-refractivity contribution is 6.20. The zero-order valence-electron chi connectivity index (χ0n) is 10.0. The van der Waals surface area contributed by atoms with E-state index in [4.69, 9.17) is 11.6 Å². The molecule has 1 aromatic carbocycles. The molecule has 1 heteroatoms. The summed E-state index contributed by atoms with van der Waals surface area (Å²) in [6.07, 6.45) is 6.27. The first-order valence-corrected chi connectivity index (χ1v) is 6.94. The van der Waals surface area contributed by atoms with Crippen LogP contribution in [0.3, 0.4) is 0 Å². The summed E-state index contributed by atoms with van der Waals surface area (Å²) in [4.78, 5) is 0. The van der Waals surface area contributed by atoms with Crippen molar-refractivity contribution in [1.29, 1.82) is 0 Å². The number of hydrogen-bond donors (Lipinski definition) is 0. The van der Waals surface area contributed by atoms with Crippen molar-refractivity contribution in [3.8, 4) is 0 Å². The van der Waals surface area contributed by atoms with Gasteiger partial charge in [0.2, 0.25) is 0 Å². The molecular formula is C15H21Cl. The highest BCUT2D eigenvalue weighted by atomic mass is 35.5. The van der Waals surface area contributed by atoms with E-state index in [0.717, 1.165) is 11.8 Å². The quantitative estimate of drug-likeness (QED) is 0.612. The monoisotopic (exact) mass is 236 g/mol. The minimum absolute atomic E-state index is 0.405. The Labute approximate surface area is 104 Å². The molecule has 0 bridgehead atoms. The van der Waals surface area contributed by atoms with E-state index in [-0.39, 0.29) is 0 Å². The van der Waals surface area contributed by atoms with Crippen LogP contribution in [0.15, 0.2) is 30.3 Å². The summed E-state index contributed by atoms with van der Waals surface area (Å²) in [5.74, 6) is 1.73. The second kappa shape index (κ2) is 5.72. The van der Waals surface area contributed by atoms with Crippen LogP contribution >= 0.6 is 11.6 Å². The molecule has 0 heterocycles. The second-order valence-electron chi connectivity index (χ2n) is 4.98. The van der Waals surface area contributed by atoms with Crippen molar-refractivity contribution >= 4 is 11.6 Å². The standard InChI is InChI=1S/C15H21Cl/c1-2-6-14(16)10-9-13-11-15(13)12-7-4-3-5-8-12/h3-5,7-8,13-15H,2,6,9-11H2,1H3. The lowest BCUT2D eigenvalue weighted by atomic mass is 10.0. The van der Waals surface area contributed by atoms with Gasteiger partial charge in [-0.05, 0) is 43.1 Å². The van der Waals surface area contributed by atoms with Gasteiger partial charge < -0.3 is 0 Å². The van der Waals surface area contributed by atoms with E-state index in [1.165, 1.54) is 37.7 Å². The molecule has 0 saturated heterocycles. The summed E-state index contributed by atoms with van der Waals surface area (Å²) in [5.41, 5.74) is 1.52. The van der Waals surface area contributed by atoms with Crippen LogP contribution in [0.5, 0.6) is 0 Å². The van der Waals surface area contributed by atoms with Crippen molar-refractivity contribution in [1.82, 2.24) is 0 Å². The largest absolute Gasteiger partial charge is 0.123 e. The fourth-order valence-electron chi connectivity index (χ4n) is 2.53. The third-order valence-corrected chi connectivity index (χ3v) is 4.04. The molecule has 0 radical (unpaired) electrons. The molecule has 3 atom stereocenters. The van der Waals surface area contributed by atoms with E-state index >= 15 is 0 Å². The molecule has 0 aliphatic heterocycles. The highest BCUT2D eigenvalue weighted by Gasteiger charge is 2.37.